The molecule has 29 heavy (non-hydrogen) atoms. The Kier molecular flexibility index (Phi) is 4.96. The first-order chi connectivity index (χ1) is 14.3. The van der Waals surface area contributed by atoms with Crippen molar-refractivity contribution >= 4 is 11.7 Å². The molecule has 2 saturated heterocycles. The maximum atomic E-state index is 12.9. The Bertz CT molecular complexity index is 941. The van der Waals surface area contributed by atoms with Gasteiger partial charge in [-0.05, 0) is 24.3 Å². The lowest BCUT2D eigenvalue weighted by molar-refractivity contribution is 0.145. The summed E-state index contributed by atoms with van der Waals surface area (Å²) in [7, 11) is 0. The molecule has 1 aromatic rings. The number of amides is 2. The van der Waals surface area contributed by atoms with Gasteiger partial charge in [0.1, 0.15) is 5.76 Å². The van der Waals surface area contributed by atoms with Gasteiger partial charge in [-0.25, -0.2) is 4.79 Å². The highest BCUT2D eigenvalue weighted by molar-refractivity contribution is 5.94. The molecule has 1 N–H and O–H groups in total. The van der Waals surface area contributed by atoms with E-state index in [4.69, 9.17) is 4.42 Å². The SMILES string of the molecule is O=C1N(CCN2CCNCC2c2ccc3cccoc2-3)CCN1c1ccccc1. The number of hydrogen-bond acceptors (Lipinski definition) is 4. The normalized spacial score (nSPS) is 20.7. The van der Waals surface area contributed by atoms with Crippen LogP contribution >= 0.6 is 0 Å². The molecule has 0 radical (unpaired) electrons. The first kappa shape index (κ1) is 18.2. The minimum absolute atomic E-state index is 0.108. The number of fused-ring (bicyclic) bond motifs is 1. The zero-order chi connectivity index (χ0) is 19.6. The molecule has 4 aliphatic rings. The molecule has 5 rings (SSSR count). The Morgan fingerprint density at radius 1 is 0.966 bits per heavy atom. The molecule has 6 nitrogen and oxygen atoms in total. The average Bonchev–Trinajstić information content (AvgIpc) is 3.37. The van der Waals surface area contributed by atoms with Crippen LogP contribution < -0.4 is 10.2 Å². The Balaban J connectivity index is 1.27. The third-order valence-corrected chi connectivity index (χ3v) is 6.04. The van der Waals surface area contributed by atoms with Crippen LogP contribution in [-0.2, 0) is 0 Å². The zero-order valence-electron chi connectivity index (χ0n) is 16.5. The van der Waals surface area contributed by atoms with Crippen LogP contribution in [0.25, 0.3) is 11.3 Å². The summed E-state index contributed by atoms with van der Waals surface area (Å²) in [5.74, 6) is 0.971. The van der Waals surface area contributed by atoms with Crippen LogP contribution in [0, 0.1) is 0 Å². The first-order valence-corrected chi connectivity index (χ1v) is 10.3. The van der Waals surface area contributed by atoms with Gasteiger partial charge in [0.05, 0.1) is 12.3 Å². The summed E-state index contributed by atoms with van der Waals surface area (Å²) in [6.07, 6.45) is 1.74. The van der Waals surface area contributed by atoms with Crippen molar-refractivity contribution in [1.82, 2.24) is 15.1 Å². The Labute approximate surface area is 171 Å². The summed E-state index contributed by atoms with van der Waals surface area (Å²) >= 11 is 0. The molecule has 150 valence electrons. The van der Waals surface area contributed by atoms with Crippen LogP contribution in [0.15, 0.2) is 65.3 Å². The summed E-state index contributed by atoms with van der Waals surface area (Å²) in [6.45, 7) is 5.96. The van der Waals surface area contributed by atoms with Gasteiger partial charge in [0, 0.05) is 62.6 Å². The molecule has 3 aliphatic heterocycles. The highest BCUT2D eigenvalue weighted by Crippen LogP contribution is 2.35. The number of hydrogen-bond donors (Lipinski definition) is 1. The van der Waals surface area contributed by atoms with Crippen molar-refractivity contribution in [3.63, 3.8) is 0 Å². The van der Waals surface area contributed by atoms with Crippen molar-refractivity contribution in [3.8, 4) is 11.3 Å². The third kappa shape index (κ3) is 3.50. The number of anilines is 1. The molecule has 0 spiro atoms. The lowest BCUT2D eigenvalue weighted by Crippen LogP contribution is -2.48. The molecule has 2 amide bonds. The number of urea groups is 1. The van der Waals surface area contributed by atoms with Crippen LogP contribution in [0.2, 0.25) is 0 Å². The second-order valence-electron chi connectivity index (χ2n) is 7.70. The van der Waals surface area contributed by atoms with E-state index >= 15 is 0 Å². The third-order valence-electron chi connectivity index (χ3n) is 6.04. The van der Waals surface area contributed by atoms with Gasteiger partial charge in [-0.15, -0.1) is 0 Å². The van der Waals surface area contributed by atoms with E-state index in [-0.39, 0.29) is 12.1 Å². The smallest absolute Gasteiger partial charge is 0.324 e. The van der Waals surface area contributed by atoms with E-state index in [1.807, 2.05) is 46.2 Å². The van der Waals surface area contributed by atoms with Gasteiger partial charge in [0.15, 0.2) is 0 Å². The Morgan fingerprint density at radius 2 is 1.86 bits per heavy atom. The first-order valence-electron chi connectivity index (χ1n) is 10.3. The molecule has 6 heteroatoms. The number of nitrogens with one attached hydrogen (secondary N) is 1. The number of carbonyl (C=O) groups is 1. The van der Waals surface area contributed by atoms with Crippen molar-refractivity contribution < 1.29 is 9.21 Å². The van der Waals surface area contributed by atoms with Crippen molar-refractivity contribution in [3.05, 3.63) is 66.4 Å². The molecule has 1 aromatic carbocycles. The maximum absolute atomic E-state index is 12.9. The van der Waals surface area contributed by atoms with Crippen LogP contribution in [0.4, 0.5) is 10.5 Å². The van der Waals surface area contributed by atoms with E-state index in [1.165, 1.54) is 5.56 Å². The summed E-state index contributed by atoms with van der Waals surface area (Å²) < 4.78 is 5.82. The van der Waals surface area contributed by atoms with Crippen molar-refractivity contribution in [2.75, 3.05) is 50.7 Å². The molecule has 0 bridgehead atoms. The van der Waals surface area contributed by atoms with E-state index < -0.39 is 0 Å². The number of nitrogens with zero attached hydrogens (tertiary/aromatic N) is 3. The predicted molar refractivity (Wildman–Crippen MR) is 113 cm³/mol. The lowest BCUT2D eigenvalue weighted by Gasteiger charge is -2.37. The van der Waals surface area contributed by atoms with Crippen LogP contribution in [0.1, 0.15) is 11.6 Å². The van der Waals surface area contributed by atoms with Crippen molar-refractivity contribution in [1.29, 1.82) is 0 Å². The van der Waals surface area contributed by atoms with Gasteiger partial charge in [0.25, 0.3) is 0 Å². The van der Waals surface area contributed by atoms with E-state index in [9.17, 15) is 4.79 Å². The molecule has 0 saturated carbocycles. The van der Waals surface area contributed by atoms with Crippen molar-refractivity contribution in [2.45, 2.75) is 6.04 Å². The van der Waals surface area contributed by atoms with Crippen LogP contribution in [0.5, 0.6) is 0 Å². The molecule has 0 aromatic heterocycles. The van der Waals surface area contributed by atoms with Crippen molar-refractivity contribution in [2.24, 2.45) is 0 Å². The lowest BCUT2D eigenvalue weighted by atomic mass is 10.0. The molecule has 1 atom stereocenters. The van der Waals surface area contributed by atoms with Crippen LogP contribution in [0.3, 0.4) is 0 Å². The predicted octanol–water partition coefficient (Wildman–Crippen LogP) is 3.27. The zero-order valence-corrected chi connectivity index (χ0v) is 16.5. The standard InChI is InChI=1S/C23H26N4O2/c28-23-26(14-15-27(23)19-6-2-1-3-7-19)13-12-25-11-10-24-17-21(25)20-9-8-18-5-4-16-29-22(18)20/h1-9,16,21,24H,10-15,17H2. The molecular formula is C23H26N4O2. The molecule has 1 aliphatic carbocycles. The average molecular weight is 390 g/mol. The second kappa shape index (κ2) is 7.89. The van der Waals surface area contributed by atoms with Crippen LogP contribution in [-0.4, -0.2) is 61.6 Å². The monoisotopic (exact) mass is 390 g/mol. The minimum atomic E-state index is 0.108. The fraction of sp³-hybridized carbons (Fsp3) is 0.348. The van der Waals surface area contributed by atoms with Gasteiger partial charge < -0.3 is 14.6 Å². The number of carbonyl (C=O) groups excluding carboxylic acids is 1. The molecular weight excluding hydrogens is 364 g/mol. The van der Waals surface area contributed by atoms with Gasteiger partial charge in [-0.3, -0.25) is 9.80 Å². The number of para-hydroxylation sites is 1. The summed E-state index contributed by atoms with van der Waals surface area (Å²) in [5, 5.41) is 3.51. The summed E-state index contributed by atoms with van der Waals surface area (Å²) in [5.41, 5.74) is 3.35. The summed E-state index contributed by atoms with van der Waals surface area (Å²) in [4.78, 5) is 19.2. The van der Waals surface area contributed by atoms with E-state index in [0.29, 0.717) is 0 Å². The number of rotatable bonds is 5. The maximum Gasteiger partial charge on any atom is 0.324 e. The number of benzene rings is 1. The van der Waals surface area contributed by atoms with Gasteiger partial charge in [-0.2, -0.15) is 0 Å². The highest BCUT2D eigenvalue weighted by atomic mass is 16.3. The van der Waals surface area contributed by atoms with Gasteiger partial charge >= 0.3 is 6.03 Å². The van der Waals surface area contributed by atoms with E-state index in [2.05, 4.69) is 28.4 Å². The molecule has 3 heterocycles. The topological polar surface area (TPSA) is 52.0 Å². The van der Waals surface area contributed by atoms with E-state index in [1.54, 1.807) is 6.26 Å². The fourth-order valence-electron chi connectivity index (χ4n) is 4.49. The molecule has 2 fully saturated rings. The number of piperazine rings is 1. The molecule has 1 unspecified atom stereocenters. The minimum Gasteiger partial charge on any atom is -0.464 e. The second-order valence-corrected chi connectivity index (χ2v) is 7.70. The van der Waals surface area contributed by atoms with E-state index in [0.717, 1.165) is 62.8 Å². The quantitative estimate of drug-likeness (QED) is 0.727. The van der Waals surface area contributed by atoms with Gasteiger partial charge in [0.2, 0.25) is 0 Å². The highest BCUT2D eigenvalue weighted by Gasteiger charge is 2.32. The summed E-state index contributed by atoms with van der Waals surface area (Å²) in [6, 6.07) is 18.6. The Hall–Kier alpha value is -2.83. The van der Waals surface area contributed by atoms with Gasteiger partial charge in [-0.1, -0.05) is 30.3 Å². The fourth-order valence-corrected chi connectivity index (χ4v) is 4.49. The largest absolute Gasteiger partial charge is 0.464 e. The Morgan fingerprint density at radius 3 is 2.76 bits per heavy atom.